The van der Waals surface area contributed by atoms with Gasteiger partial charge in [0.25, 0.3) is 0 Å². The first-order valence-electron chi connectivity index (χ1n) is 12.5. The zero-order chi connectivity index (χ0) is 20.1. The van der Waals surface area contributed by atoms with E-state index in [9.17, 15) is 0 Å². The van der Waals surface area contributed by atoms with Gasteiger partial charge < -0.3 is 5.32 Å². The van der Waals surface area contributed by atoms with Gasteiger partial charge in [0.1, 0.15) is 0 Å². The van der Waals surface area contributed by atoms with Gasteiger partial charge in [0, 0.05) is 6.54 Å². The first-order chi connectivity index (χ1) is 13.8. The second kappa shape index (κ2) is 22.6. The summed E-state index contributed by atoms with van der Waals surface area (Å²) < 4.78 is 0. The van der Waals surface area contributed by atoms with Crippen LogP contribution in [-0.2, 0) is 6.54 Å². The highest BCUT2D eigenvalue weighted by Gasteiger charge is 1.96. The van der Waals surface area contributed by atoms with E-state index in [1.54, 1.807) is 0 Å². The van der Waals surface area contributed by atoms with Crippen LogP contribution < -0.4 is 5.32 Å². The molecule has 0 aliphatic rings. The van der Waals surface area contributed by atoms with Crippen LogP contribution >= 0.6 is 24.0 Å². The maximum Gasteiger partial charge on any atom is 0.0205 e. The second-order valence-electron chi connectivity index (χ2n) is 9.15. The standard InChI is InChI=1S/C27H49N.HI/c1-26(2)21-17-14-12-10-8-6-4-3-5-7-9-11-13-15-20-24-28-25-27-22-18-16-19-23-27;/h16,18-19,22-23,26,28H,3-15,17,20-21,24-25H2,1-2H3;1H. The molecule has 1 aromatic rings. The third kappa shape index (κ3) is 20.9. The fraction of sp³-hybridized carbons (Fsp3) is 0.778. The quantitative estimate of drug-likeness (QED) is 0.135. The Balaban J connectivity index is 0.00000784. The lowest BCUT2D eigenvalue weighted by molar-refractivity contribution is 0.501. The van der Waals surface area contributed by atoms with Gasteiger partial charge in [-0.15, -0.1) is 24.0 Å². The summed E-state index contributed by atoms with van der Waals surface area (Å²) in [5.41, 5.74) is 1.39. The molecule has 0 aliphatic heterocycles. The minimum Gasteiger partial charge on any atom is -0.313 e. The topological polar surface area (TPSA) is 12.0 Å². The number of hydrogen-bond acceptors (Lipinski definition) is 1. The number of hydrogen-bond donors (Lipinski definition) is 1. The molecule has 0 fully saturated rings. The molecule has 29 heavy (non-hydrogen) atoms. The lowest BCUT2D eigenvalue weighted by Gasteiger charge is -2.06. The van der Waals surface area contributed by atoms with Crippen LogP contribution in [0.25, 0.3) is 0 Å². The number of unbranched alkanes of at least 4 members (excludes halogenated alkanes) is 14. The molecule has 170 valence electrons. The largest absolute Gasteiger partial charge is 0.313 e. The van der Waals surface area contributed by atoms with Gasteiger partial charge >= 0.3 is 0 Å². The van der Waals surface area contributed by atoms with E-state index in [-0.39, 0.29) is 24.0 Å². The van der Waals surface area contributed by atoms with Crippen molar-refractivity contribution in [1.82, 2.24) is 5.32 Å². The summed E-state index contributed by atoms with van der Waals surface area (Å²) in [6, 6.07) is 10.7. The zero-order valence-corrected chi connectivity index (χ0v) is 21.9. The first kappa shape index (κ1) is 28.9. The summed E-state index contributed by atoms with van der Waals surface area (Å²) in [5.74, 6) is 0.891. The molecule has 2 heteroatoms. The van der Waals surface area contributed by atoms with Crippen molar-refractivity contribution in [3.8, 4) is 0 Å². The average Bonchev–Trinajstić information content (AvgIpc) is 2.70. The van der Waals surface area contributed by atoms with Crippen LogP contribution in [0.15, 0.2) is 30.3 Å². The molecule has 0 aliphatic carbocycles. The normalized spacial score (nSPS) is 11.0. The summed E-state index contributed by atoms with van der Waals surface area (Å²) >= 11 is 0. The molecule has 0 atom stereocenters. The number of benzene rings is 1. The van der Waals surface area contributed by atoms with Crippen molar-refractivity contribution in [1.29, 1.82) is 0 Å². The van der Waals surface area contributed by atoms with Crippen molar-refractivity contribution >= 4 is 24.0 Å². The molecular weight excluding hydrogens is 465 g/mol. The summed E-state index contributed by atoms with van der Waals surface area (Å²) in [7, 11) is 0. The third-order valence-corrected chi connectivity index (χ3v) is 5.81. The molecule has 0 bridgehead atoms. The Morgan fingerprint density at radius 2 is 1.00 bits per heavy atom. The third-order valence-electron chi connectivity index (χ3n) is 5.81. The van der Waals surface area contributed by atoms with Crippen LogP contribution in [0.1, 0.15) is 122 Å². The molecule has 0 saturated carbocycles. The van der Waals surface area contributed by atoms with E-state index in [0.717, 1.165) is 19.0 Å². The molecule has 0 unspecified atom stereocenters. The fourth-order valence-corrected chi connectivity index (χ4v) is 3.93. The summed E-state index contributed by atoms with van der Waals surface area (Å²) in [4.78, 5) is 0. The van der Waals surface area contributed by atoms with Crippen molar-refractivity contribution in [2.45, 2.75) is 123 Å². The van der Waals surface area contributed by atoms with Crippen LogP contribution in [0.4, 0.5) is 0 Å². The predicted molar refractivity (Wildman–Crippen MR) is 142 cm³/mol. The molecule has 0 radical (unpaired) electrons. The van der Waals surface area contributed by atoms with E-state index >= 15 is 0 Å². The SMILES string of the molecule is CC(C)CCCCCCCCCCCCCCCCCNCc1ccccc1.I. The summed E-state index contributed by atoms with van der Waals surface area (Å²) in [6.07, 6.45) is 23.1. The lowest BCUT2D eigenvalue weighted by atomic mass is 10.0. The maximum atomic E-state index is 3.56. The van der Waals surface area contributed by atoms with Crippen LogP contribution in [0.5, 0.6) is 0 Å². The molecule has 0 spiro atoms. The minimum absolute atomic E-state index is 0. The number of nitrogens with one attached hydrogen (secondary N) is 1. The first-order valence-corrected chi connectivity index (χ1v) is 12.5. The van der Waals surface area contributed by atoms with Gasteiger partial charge in [-0.1, -0.05) is 140 Å². The number of halogens is 1. The van der Waals surface area contributed by atoms with Gasteiger partial charge in [-0.05, 0) is 24.4 Å². The lowest BCUT2D eigenvalue weighted by Crippen LogP contribution is -2.14. The Kier molecular flexibility index (Phi) is 22.5. The van der Waals surface area contributed by atoms with Crippen molar-refractivity contribution in [3.05, 3.63) is 35.9 Å². The predicted octanol–water partition coefficient (Wildman–Crippen LogP) is 9.29. The molecule has 0 aromatic heterocycles. The average molecular weight is 516 g/mol. The van der Waals surface area contributed by atoms with Crippen LogP contribution in [0.2, 0.25) is 0 Å². The molecule has 1 rings (SSSR count). The Labute approximate surface area is 200 Å². The van der Waals surface area contributed by atoms with Crippen LogP contribution in [0.3, 0.4) is 0 Å². The van der Waals surface area contributed by atoms with Gasteiger partial charge in [0.05, 0.1) is 0 Å². The second-order valence-corrected chi connectivity index (χ2v) is 9.15. The van der Waals surface area contributed by atoms with E-state index in [2.05, 4.69) is 49.5 Å². The van der Waals surface area contributed by atoms with Crippen molar-refractivity contribution in [3.63, 3.8) is 0 Å². The minimum atomic E-state index is 0. The van der Waals surface area contributed by atoms with Gasteiger partial charge in [-0.25, -0.2) is 0 Å². The molecule has 0 amide bonds. The molecule has 0 saturated heterocycles. The van der Waals surface area contributed by atoms with Gasteiger partial charge in [0.2, 0.25) is 0 Å². The van der Waals surface area contributed by atoms with Crippen LogP contribution in [-0.4, -0.2) is 6.54 Å². The Bertz CT molecular complexity index is 418. The Morgan fingerprint density at radius 3 is 1.45 bits per heavy atom. The van der Waals surface area contributed by atoms with Crippen LogP contribution in [0, 0.1) is 5.92 Å². The highest BCUT2D eigenvalue weighted by molar-refractivity contribution is 14.0. The fourth-order valence-electron chi connectivity index (χ4n) is 3.93. The molecule has 1 N–H and O–H groups in total. The van der Waals surface area contributed by atoms with Gasteiger partial charge in [-0.2, -0.15) is 0 Å². The number of rotatable bonds is 20. The molecule has 1 aromatic carbocycles. The van der Waals surface area contributed by atoms with E-state index < -0.39 is 0 Å². The molecule has 0 heterocycles. The smallest absolute Gasteiger partial charge is 0.0205 e. The van der Waals surface area contributed by atoms with Gasteiger partial charge in [0.15, 0.2) is 0 Å². The van der Waals surface area contributed by atoms with Gasteiger partial charge in [-0.3, -0.25) is 0 Å². The van der Waals surface area contributed by atoms with E-state index in [1.807, 2.05) is 0 Å². The van der Waals surface area contributed by atoms with Crippen molar-refractivity contribution < 1.29 is 0 Å². The Morgan fingerprint density at radius 1 is 0.586 bits per heavy atom. The van der Waals surface area contributed by atoms with Crippen molar-refractivity contribution in [2.24, 2.45) is 5.92 Å². The summed E-state index contributed by atoms with van der Waals surface area (Å²) in [5, 5.41) is 3.56. The highest BCUT2D eigenvalue weighted by Crippen LogP contribution is 2.14. The molecular formula is C27H50IN. The van der Waals surface area contributed by atoms with E-state index in [0.29, 0.717) is 0 Å². The molecule has 1 nitrogen and oxygen atoms in total. The van der Waals surface area contributed by atoms with E-state index in [1.165, 1.54) is 108 Å². The Hall–Kier alpha value is -0.0900. The maximum absolute atomic E-state index is 3.56. The zero-order valence-electron chi connectivity index (χ0n) is 19.6. The highest BCUT2D eigenvalue weighted by atomic mass is 127. The monoisotopic (exact) mass is 515 g/mol. The van der Waals surface area contributed by atoms with E-state index in [4.69, 9.17) is 0 Å². The van der Waals surface area contributed by atoms with Crippen molar-refractivity contribution in [2.75, 3.05) is 6.54 Å². The summed E-state index contributed by atoms with van der Waals surface area (Å²) in [6.45, 7) is 6.85.